The summed E-state index contributed by atoms with van der Waals surface area (Å²) in [6.45, 7) is 2.93. The van der Waals surface area contributed by atoms with Crippen molar-refractivity contribution in [2.24, 2.45) is 0 Å². The molecule has 204 valence electrons. The Kier molecular flexibility index (Phi) is 9.57. The number of benzene rings is 3. The number of aromatic nitrogens is 1. The predicted octanol–water partition coefficient (Wildman–Crippen LogP) is 6.02. The predicted molar refractivity (Wildman–Crippen MR) is 152 cm³/mol. The molecule has 0 aliphatic heterocycles. The molecule has 0 aliphatic rings. The Morgan fingerprint density at radius 1 is 1.03 bits per heavy atom. The smallest absolute Gasteiger partial charge is 0.322 e. The van der Waals surface area contributed by atoms with E-state index < -0.39 is 6.03 Å². The van der Waals surface area contributed by atoms with E-state index in [1.54, 1.807) is 36.3 Å². The number of anilines is 1. The third kappa shape index (κ3) is 7.59. The highest BCUT2D eigenvalue weighted by molar-refractivity contribution is 6.31. The number of ether oxygens (including phenoxy) is 1. The van der Waals surface area contributed by atoms with Crippen LogP contribution in [-0.2, 0) is 22.5 Å². The van der Waals surface area contributed by atoms with E-state index in [0.717, 1.165) is 27.6 Å². The van der Waals surface area contributed by atoms with Crippen molar-refractivity contribution in [2.75, 3.05) is 38.7 Å². The van der Waals surface area contributed by atoms with Gasteiger partial charge in [0, 0.05) is 54.6 Å². The fourth-order valence-corrected chi connectivity index (χ4v) is 4.47. The summed E-state index contributed by atoms with van der Waals surface area (Å²) in [6, 6.07) is 18.9. The molecule has 0 fully saturated rings. The van der Waals surface area contributed by atoms with E-state index in [1.165, 1.54) is 17.0 Å². The monoisotopic (exact) mass is 550 g/mol. The van der Waals surface area contributed by atoms with Crippen molar-refractivity contribution in [3.05, 3.63) is 100 Å². The number of H-pyrrole nitrogens is 1. The molecule has 4 rings (SSSR count). The summed E-state index contributed by atoms with van der Waals surface area (Å²) in [5.41, 5.74) is 4.35. The first-order chi connectivity index (χ1) is 18.8. The molecule has 0 aliphatic carbocycles. The van der Waals surface area contributed by atoms with Gasteiger partial charge in [-0.1, -0.05) is 48.0 Å². The van der Waals surface area contributed by atoms with Crippen molar-refractivity contribution in [2.45, 2.75) is 19.9 Å². The van der Waals surface area contributed by atoms with E-state index >= 15 is 0 Å². The Morgan fingerprint density at radius 2 is 1.79 bits per heavy atom. The largest absolute Gasteiger partial charge is 0.383 e. The van der Waals surface area contributed by atoms with Gasteiger partial charge in [-0.2, -0.15) is 0 Å². The quantitative estimate of drug-likeness (QED) is 0.240. The Bertz CT molecular complexity index is 1420. The minimum absolute atomic E-state index is 0.149. The van der Waals surface area contributed by atoms with Crippen molar-refractivity contribution < 1.29 is 18.7 Å². The van der Waals surface area contributed by atoms with Gasteiger partial charge in [0.25, 0.3) is 0 Å². The first-order valence-corrected chi connectivity index (χ1v) is 13.1. The van der Waals surface area contributed by atoms with Gasteiger partial charge >= 0.3 is 6.03 Å². The molecule has 0 unspecified atom stereocenters. The van der Waals surface area contributed by atoms with Crippen LogP contribution in [0.15, 0.2) is 72.9 Å². The van der Waals surface area contributed by atoms with Crippen LogP contribution in [0, 0.1) is 12.7 Å². The molecule has 0 atom stereocenters. The molecule has 0 spiro atoms. The average Bonchev–Trinajstić information content (AvgIpc) is 3.35. The first-order valence-electron chi connectivity index (χ1n) is 12.7. The van der Waals surface area contributed by atoms with Gasteiger partial charge in [0.2, 0.25) is 5.91 Å². The zero-order valence-corrected chi connectivity index (χ0v) is 22.8. The normalized spacial score (nSPS) is 11.0. The number of urea groups is 1. The topological polar surface area (TPSA) is 77.7 Å². The van der Waals surface area contributed by atoms with Crippen LogP contribution in [0.4, 0.5) is 14.9 Å². The number of aryl methyl sites for hydroxylation is 1. The molecule has 1 heterocycles. The van der Waals surface area contributed by atoms with E-state index in [9.17, 15) is 14.0 Å². The second kappa shape index (κ2) is 13.3. The summed E-state index contributed by atoms with van der Waals surface area (Å²) in [6.07, 6.45) is 2.57. The summed E-state index contributed by atoms with van der Waals surface area (Å²) < 4.78 is 18.7. The van der Waals surface area contributed by atoms with Crippen molar-refractivity contribution in [1.82, 2.24) is 14.8 Å². The summed E-state index contributed by atoms with van der Waals surface area (Å²) in [7, 11) is 1.54. The van der Waals surface area contributed by atoms with E-state index in [1.807, 2.05) is 43.5 Å². The number of hydrogen-bond donors (Lipinski definition) is 2. The van der Waals surface area contributed by atoms with Gasteiger partial charge in [0.15, 0.2) is 0 Å². The van der Waals surface area contributed by atoms with E-state index in [2.05, 4.69) is 10.3 Å². The lowest BCUT2D eigenvalue weighted by molar-refractivity contribution is -0.132. The molecule has 0 saturated carbocycles. The van der Waals surface area contributed by atoms with Crippen molar-refractivity contribution in [3.8, 4) is 0 Å². The van der Waals surface area contributed by atoms with Gasteiger partial charge < -0.3 is 24.8 Å². The van der Waals surface area contributed by atoms with Crippen LogP contribution in [0.2, 0.25) is 5.02 Å². The van der Waals surface area contributed by atoms with Crippen LogP contribution in [0.25, 0.3) is 10.9 Å². The van der Waals surface area contributed by atoms with Gasteiger partial charge in [-0.25, -0.2) is 9.18 Å². The maximum atomic E-state index is 13.6. The average molecular weight is 551 g/mol. The maximum Gasteiger partial charge on any atom is 0.322 e. The van der Waals surface area contributed by atoms with Crippen LogP contribution >= 0.6 is 11.6 Å². The molecule has 3 amide bonds. The molecule has 4 aromatic rings. The number of carbonyl (C=O) groups is 2. The van der Waals surface area contributed by atoms with E-state index in [-0.39, 0.29) is 38.0 Å². The molecule has 2 N–H and O–H groups in total. The number of carbonyl (C=O) groups excluding carboxylic acids is 2. The lowest BCUT2D eigenvalue weighted by Gasteiger charge is -2.28. The number of fused-ring (bicyclic) bond motifs is 1. The fourth-order valence-electron chi connectivity index (χ4n) is 4.29. The Morgan fingerprint density at radius 3 is 2.54 bits per heavy atom. The number of halogens is 2. The Balaban J connectivity index is 1.51. The number of aromatic amines is 1. The number of para-hydroxylation sites is 1. The van der Waals surface area contributed by atoms with Gasteiger partial charge in [-0.3, -0.25) is 4.79 Å². The second-order valence-corrected chi connectivity index (χ2v) is 9.77. The number of nitrogens with one attached hydrogen (secondary N) is 2. The van der Waals surface area contributed by atoms with Crippen LogP contribution in [-0.4, -0.2) is 60.1 Å². The Labute approximate surface area is 232 Å². The van der Waals surface area contributed by atoms with Crippen LogP contribution in [0.3, 0.4) is 0 Å². The second-order valence-electron chi connectivity index (χ2n) is 9.36. The number of hydrogen-bond acceptors (Lipinski definition) is 3. The standard InChI is InChI=1S/C30H32ClFN4O3/c1-21-7-12-25(17-27(21)31)34-30(38)36(15-16-39-2)20-29(37)35(19-22-8-10-24(32)11-9-22)14-13-23-18-33-28-6-4-3-5-26(23)28/h3-12,17-18,33H,13-16,19-20H2,1-2H3,(H,34,38). The molecule has 39 heavy (non-hydrogen) atoms. The highest BCUT2D eigenvalue weighted by Gasteiger charge is 2.22. The van der Waals surface area contributed by atoms with Crippen molar-refractivity contribution in [3.63, 3.8) is 0 Å². The fraction of sp³-hybridized carbons (Fsp3) is 0.267. The van der Waals surface area contributed by atoms with Gasteiger partial charge in [-0.05, 0) is 60.4 Å². The minimum Gasteiger partial charge on any atom is -0.383 e. The zero-order chi connectivity index (χ0) is 27.8. The third-order valence-electron chi connectivity index (χ3n) is 6.57. The SMILES string of the molecule is COCCN(CC(=O)N(CCc1c[nH]c2ccccc12)Cc1ccc(F)cc1)C(=O)Nc1ccc(C)c(Cl)c1. The lowest BCUT2D eigenvalue weighted by Crippen LogP contribution is -2.46. The summed E-state index contributed by atoms with van der Waals surface area (Å²) in [5.74, 6) is -0.568. The molecule has 0 bridgehead atoms. The number of nitrogens with zero attached hydrogens (tertiary/aromatic N) is 2. The Hall–Kier alpha value is -3.88. The molecule has 3 aromatic carbocycles. The molecule has 0 saturated heterocycles. The summed E-state index contributed by atoms with van der Waals surface area (Å²) in [5, 5.41) is 4.46. The highest BCUT2D eigenvalue weighted by atomic mass is 35.5. The summed E-state index contributed by atoms with van der Waals surface area (Å²) in [4.78, 5) is 33.2. The molecule has 1 aromatic heterocycles. The molecule has 7 nitrogen and oxygen atoms in total. The summed E-state index contributed by atoms with van der Waals surface area (Å²) >= 11 is 6.22. The first kappa shape index (κ1) is 28.1. The highest BCUT2D eigenvalue weighted by Crippen LogP contribution is 2.21. The number of rotatable bonds is 11. The number of amides is 3. The minimum atomic E-state index is -0.432. The maximum absolute atomic E-state index is 13.6. The van der Waals surface area contributed by atoms with Crippen molar-refractivity contribution in [1.29, 1.82) is 0 Å². The zero-order valence-electron chi connectivity index (χ0n) is 22.0. The van der Waals surface area contributed by atoms with E-state index in [4.69, 9.17) is 16.3 Å². The van der Waals surface area contributed by atoms with Gasteiger partial charge in [0.1, 0.15) is 12.4 Å². The third-order valence-corrected chi connectivity index (χ3v) is 6.97. The van der Waals surface area contributed by atoms with Crippen LogP contribution in [0.5, 0.6) is 0 Å². The molecule has 9 heteroatoms. The molecular formula is C30H32ClFN4O3. The van der Waals surface area contributed by atoms with E-state index in [0.29, 0.717) is 23.7 Å². The lowest BCUT2D eigenvalue weighted by atomic mass is 10.1. The van der Waals surface area contributed by atoms with Gasteiger partial charge in [-0.15, -0.1) is 0 Å². The van der Waals surface area contributed by atoms with Crippen molar-refractivity contribution >= 4 is 40.1 Å². The molecule has 0 radical (unpaired) electrons. The van der Waals surface area contributed by atoms with Crippen LogP contribution in [0.1, 0.15) is 16.7 Å². The molecular weight excluding hydrogens is 519 g/mol. The number of methoxy groups -OCH3 is 1. The van der Waals surface area contributed by atoms with Crippen LogP contribution < -0.4 is 5.32 Å². The van der Waals surface area contributed by atoms with Gasteiger partial charge in [0.05, 0.1) is 6.61 Å².